The molecule has 0 aromatic carbocycles. The maximum absolute atomic E-state index is 11.2. The maximum atomic E-state index is 11.2. The number of pyridine rings is 1. The van der Waals surface area contributed by atoms with E-state index < -0.39 is 5.97 Å². The van der Waals surface area contributed by atoms with Crippen LogP contribution < -0.4 is 0 Å². The van der Waals surface area contributed by atoms with Crippen LogP contribution in [0.1, 0.15) is 25.0 Å². The van der Waals surface area contributed by atoms with Crippen LogP contribution >= 0.6 is 0 Å². The van der Waals surface area contributed by atoms with Crippen molar-refractivity contribution in [2.24, 2.45) is 5.92 Å². The fourth-order valence-electron chi connectivity index (χ4n) is 2.76. The Morgan fingerprint density at radius 1 is 1.50 bits per heavy atom. The van der Waals surface area contributed by atoms with Gasteiger partial charge in [0.2, 0.25) is 0 Å². The minimum Gasteiger partial charge on any atom is -0.481 e. The van der Waals surface area contributed by atoms with Gasteiger partial charge in [-0.05, 0) is 32.0 Å². The average Bonchev–Trinajstić information content (AvgIpc) is 2.86. The monoisotopic (exact) mass is 248 g/mol. The van der Waals surface area contributed by atoms with Crippen LogP contribution in [0.5, 0.6) is 0 Å². The Hall–Kier alpha value is -1.42. The summed E-state index contributed by atoms with van der Waals surface area (Å²) in [5.41, 5.74) is 1.06. The smallest absolute Gasteiger partial charge is 0.308 e. The number of rotatable bonds is 5. The normalized spacial score (nSPS) is 23.4. The van der Waals surface area contributed by atoms with E-state index in [1.165, 1.54) is 0 Å². The molecule has 1 fully saturated rings. The average molecular weight is 248 g/mol. The summed E-state index contributed by atoms with van der Waals surface area (Å²) in [6.07, 6.45) is 5.50. The predicted octanol–water partition coefficient (Wildman–Crippen LogP) is 1.81. The lowest BCUT2D eigenvalue weighted by Gasteiger charge is -2.27. The number of carbonyl (C=O) groups is 1. The summed E-state index contributed by atoms with van der Waals surface area (Å²) in [6, 6.07) is 6.09. The first-order valence-corrected chi connectivity index (χ1v) is 6.51. The van der Waals surface area contributed by atoms with E-state index in [0.29, 0.717) is 0 Å². The first-order chi connectivity index (χ1) is 8.68. The first-order valence-electron chi connectivity index (χ1n) is 6.51. The molecule has 98 valence electrons. The third-order valence-electron chi connectivity index (χ3n) is 3.81. The van der Waals surface area contributed by atoms with Gasteiger partial charge in [-0.25, -0.2) is 0 Å². The van der Waals surface area contributed by atoms with E-state index in [0.717, 1.165) is 37.9 Å². The molecule has 1 N–H and O–H groups in total. The van der Waals surface area contributed by atoms with E-state index in [1.807, 2.05) is 25.2 Å². The molecule has 1 saturated carbocycles. The maximum Gasteiger partial charge on any atom is 0.308 e. The Balaban J connectivity index is 1.88. The SMILES string of the molecule is CN(CCc1ccccn1)C1CCCC1C(=O)O. The fourth-order valence-corrected chi connectivity index (χ4v) is 2.76. The quantitative estimate of drug-likeness (QED) is 0.863. The largest absolute Gasteiger partial charge is 0.481 e. The summed E-state index contributed by atoms with van der Waals surface area (Å²) in [6.45, 7) is 0.867. The van der Waals surface area contributed by atoms with Gasteiger partial charge < -0.3 is 10.0 Å². The minimum atomic E-state index is -0.651. The highest BCUT2D eigenvalue weighted by Gasteiger charge is 2.35. The molecule has 2 rings (SSSR count). The van der Waals surface area contributed by atoms with Gasteiger partial charge in [-0.3, -0.25) is 9.78 Å². The van der Waals surface area contributed by atoms with Gasteiger partial charge in [-0.15, -0.1) is 0 Å². The second-order valence-corrected chi connectivity index (χ2v) is 4.99. The minimum absolute atomic E-state index is 0.186. The van der Waals surface area contributed by atoms with Gasteiger partial charge in [0.15, 0.2) is 0 Å². The van der Waals surface area contributed by atoms with Crippen LogP contribution in [0.25, 0.3) is 0 Å². The molecule has 0 amide bonds. The van der Waals surface area contributed by atoms with E-state index >= 15 is 0 Å². The molecule has 18 heavy (non-hydrogen) atoms. The van der Waals surface area contributed by atoms with Crippen LogP contribution in [0.2, 0.25) is 0 Å². The van der Waals surface area contributed by atoms with Gasteiger partial charge in [0, 0.05) is 30.9 Å². The standard InChI is InChI=1S/C14H20N2O2/c1-16(10-8-11-5-2-3-9-15-11)13-7-4-6-12(13)14(17)18/h2-3,5,9,12-13H,4,6-8,10H2,1H3,(H,17,18). The molecule has 1 heterocycles. The van der Waals surface area contributed by atoms with Gasteiger partial charge in [0.05, 0.1) is 5.92 Å². The molecule has 4 nitrogen and oxygen atoms in total. The van der Waals surface area contributed by atoms with Gasteiger partial charge in [0.1, 0.15) is 0 Å². The van der Waals surface area contributed by atoms with Crippen molar-refractivity contribution < 1.29 is 9.90 Å². The van der Waals surface area contributed by atoms with Gasteiger partial charge >= 0.3 is 5.97 Å². The Kier molecular flexibility index (Phi) is 4.31. The molecule has 0 radical (unpaired) electrons. The van der Waals surface area contributed by atoms with E-state index in [1.54, 1.807) is 6.20 Å². The molecule has 0 saturated heterocycles. The predicted molar refractivity (Wildman–Crippen MR) is 69.3 cm³/mol. The number of hydrogen-bond donors (Lipinski definition) is 1. The summed E-state index contributed by atoms with van der Waals surface area (Å²) < 4.78 is 0. The second-order valence-electron chi connectivity index (χ2n) is 4.99. The lowest BCUT2D eigenvalue weighted by molar-refractivity contribution is -0.143. The van der Waals surface area contributed by atoms with Crippen molar-refractivity contribution in [2.45, 2.75) is 31.7 Å². The van der Waals surface area contributed by atoms with Crippen LogP contribution in [0, 0.1) is 5.92 Å². The summed E-state index contributed by atoms with van der Waals surface area (Å²) in [5.74, 6) is -0.846. The van der Waals surface area contributed by atoms with Crippen molar-refractivity contribution in [3.8, 4) is 0 Å². The molecular weight excluding hydrogens is 228 g/mol. The number of likely N-dealkylation sites (N-methyl/N-ethyl adjacent to an activating group) is 1. The molecule has 0 bridgehead atoms. The highest BCUT2D eigenvalue weighted by atomic mass is 16.4. The van der Waals surface area contributed by atoms with Crippen molar-refractivity contribution in [2.75, 3.05) is 13.6 Å². The van der Waals surface area contributed by atoms with Crippen molar-refractivity contribution >= 4 is 5.97 Å². The van der Waals surface area contributed by atoms with E-state index in [4.69, 9.17) is 0 Å². The fraction of sp³-hybridized carbons (Fsp3) is 0.571. The van der Waals surface area contributed by atoms with Crippen molar-refractivity contribution in [3.05, 3.63) is 30.1 Å². The molecule has 0 spiro atoms. The molecule has 4 heteroatoms. The Morgan fingerprint density at radius 2 is 2.33 bits per heavy atom. The molecule has 0 aliphatic heterocycles. The van der Waals surface area contributed by atoms with Gasteiger partial charge in [-0.2, -0.15) is 0 Å². The molecule has 1 aliphatic carbocycles. The third kappa shape index (κ3) is 3.07. The highest BCUT2D eigenvalue weighted by Crippen LogP contribution is 2.29. The summed E-state index contributed by atoms with van der Waals surface area (Å²) in [5, 5.41) is 9.18. The van der Waals surface area contributed by atoms with E-state index in [9.17, 15) is 9.90 Å². The van der Waals surface area contributed by atoms with Gasteiger partial charge in [-0.1, -0.05) is 12.5 Å². The van der Waals surface area contributed by atoms with E-state index in [2.05, 4.69) is 9.88 Å². The molecule has 1 aromatic rings. The van der Waals surface area contributed by atoms with Crippen molar-refractivity contribution in [1.82, 2.24) is 9.88 Å². The molecule has 2 unspecified atom stereocenters. The Bertz CT molecular complexity index is 394. The number of hydrogen-bond acceptors (Lipinski definition) is 3. The van der Waals surface area contributed by atoms with Gasteiger partial charge in [0.25, 0.3) is 0 Å². The van der Waals surface area contributed by atoms with Crippen LogP contribution in [0.4, 0.5) is 0 Å². The number of carboxylic acids is 1. The number of aliphatic carboxylic acids is 1. The lowest BCUT2D eigenvalue weighted by Crippen LogP contribution is -2.39. The number of nitrogens with zero attached hydrogens (tertiary/aromatic N) is 2. The Morgan fingerprint density at radius 3 is 3.00 bits per heavy atom. The zero-order valence-electron chi connectivity index (χ0n) is 10.7. The first kappa shape index (κ1) is 13.0. The highest BCUT2D eigenvalue weighted by molar-refractivity contribution is 5.71. The summed E-state index contributed by atoms with van der Waals surface area (Å²) in [7, 11) is 2.02. The van der Waals surface area contributed by atoms with Crippen molar-refractivity contribution in [1.29, 1.82) is 0 Å². The third-order valence-corrected chi connectivity index (χ3v) is 3.81. The lowest BCUT2D eigenvalue weighted by atomic mass is 10.0. The summed E-state index contributed by atoms with van der Waals surface area (Å²) in [4.78, 5) is 17.6. The van der Waals surface area contributed by atoms with E-state index in [-0.39, 0.29) is 12.0 Å². The van der Waals surface area contributed by atoms with Crippen LogP contribution in [-0.4, -0.2) is 40.6 Å². The molecule has 1 aromatic heterocycles. The number of carboxylic acid groups (broad SMARTS) is 1. The van der Waals surface area contributed by atoms with Crippen LogP contribution in [-0.2, 0) is 11.2 Å². The van der Waals surface area contributed by atoms with Crippen LogP contribution in [0.15, 0.2) is 24.4 Å². The number of aromatic nitrogens is 1. The zero-order chi connectivity index (χ0) is 13.0. The molecule has 2 atom stereocenters. The Labute approximate surface area is 108 Å². The molecule has 1 aliphatic rings. The molecular formula is C14H20N2O2. The summed E-state index contributed by atoms with van der Waals surface area (Å²) >= 11 is 0. The second kappa shape index (κ2) is 5.96. The topological polar surface area (TPSA) is 53.4 Å². The zero-order valence-corrected chi connectivity index (χ0v) is 10.7. The van der Waals surface area contributed by atoms with Crippen molar-refractivity contribution in [3.63, 3.8) is 0 Å². The van der Waals surface area contributed by atoms with Crippen LogP contribution in [0.3, 0.4) is 0 Å².